The summed E-state index contributed by atoms with van der Waals surface area (Å²) in [6.07, 6.45) is 19.4. The molecule has 9 atom stereocenters. The molecule has 0 bridgehead atoms. The van der Waals surface area contributed by atoms with Crippen molar-refractivity contribution in [2.75, 3.05) is 13.2 Å². The highest BCUT2D eigenvalue weighted by Gasteiger charge is 2.59. The first-order chi connectivity index (χ1) is 21.9. The van der Waals surface area contributed by atoms with Crippen LogP contribution in [0, 0.1) is 49.9 Å². The van der Waals surface area contributed by atoms with Crippen LogP contribution in [0.5, 0.6) is 5.75 Å². The van der Waals surface area contributed by atoms with Gasteiger partial charge in [-0.2, -0.15) is 0 Å². The zero-order valence-corrected chi connectivity index (χ0v) is 32.4. The average molecular weight is 769 g/mol. The highest BCUT2D eigenvalue weighted by Crippen LogP contribution is 2.67. The Labute approximate surface area is 294 Å². The molecule has 0 aliphatic heterocycles. The van der Waals surface area contributed by atoms with Crippen molar-refractivity contribution >= 4 is 30.4 Å². The van der Waals surface area contributed by atoms with Gasteiger partial charge in [0.2, 0.25) is 0 Å². The van der Waals surface area contributed by atoms with Gasteiger partial charge in [0.25, 0.3) is 0 Å². The average Bonchev–Trinajstić information content (AvgIpc) is 3.35. The number of rotatable bonds is 16. The maximum absolute atomic E-state index is 12.9. The zero-order chi connectivity index (χ0) is 33.0. The summed E-state index contributed by atoms with van der Waals surface area (Å²) < 4.78 is 31.1. The molecule has 4 aliphatic rings. The molecule has 1 aromatic carbocycles. The summed E-state index contributed by atoms with van der Waals surface area (Å²) in [7, 11) is -4.07. The van der Waals surface area contributed by atoms with Gasteiger partial charge in [-0.15, -0.1) is 0 Å². The maximum atomic E-state index is 12.9. The minimum absolute atomic E-state index is 0.202. The SMILES string of the molecule is CC(C)CCC[C@@H](C)C1CCC2C3CC=C4C[C@@H](OP(=O)(O)OCCCCCCOc5cccc(I)c5)CC[C@]4(C)C3CC[C@@]21C. The van der Waals surface area contributed by atoms with E-state index in [0.29, 0.717) is 12.0 Å². The Morgan fingerprint density at radius 3 is 2.50 bits per heavy atom. The van der Waals surface area contributed by atoms with Crippen LogP contribution in [-0.4, -0.2) is 24.2 Å². The topological polar surface area (TPSA) is 65.0 Å². The molecule has 5 nitrogen and oxygen atoms in total. The fourth-order valence-corrected chi connectivity index (χ4v) is 11.9. The normalized spacial score (nSPS) is 34.3. The molecule has 0 amide bonds. The minimum atomic E-state index is -4.07. The summed E-state index contributed by atoms with van der Waals surface area (Å²) in [4.78, 5) is 10.6. The number of fused-ring (bicyclic) bond motifs is 5. The van der Waals surface area contributed by atoms with E-state index in [9.17, 15) is 9.46 Å². The Hall–Kier alpha value is -0.400. The van der Waals surface area contributed by atoms with Crippen LogP contribution in [0.2, 0.25) is 0 Å². The molecule has 46 heavy (non-hydrogen) atoms. The first kappa shape index (κ1) is 36.9. The third-order valence-electron chi connectivity index (χ3n) is 12.9. The van der Waals surface area contributed by atoms with E-state index in [0.717, 1.165) is 86.2 Å². The first-order valence-electron chi connectivity index (χ1n) is 18.6. The van der Waals surface area contributed by atoms with Crippen LogP contribution in [0.3, 0.4) is 0 Å². The molecule has 0 heterocycles. The number of phosphoric ester groups is 1. The van der Waals surface area contributed by atoms with E-state index in [4.69, 9.17) is 13.8 Å². The van der Waals surface area contributed by atoms with Crippen LogP contribution in [-0.2, 0) is 13.6 Å². The molecule has 5 unspecified atom stereocenters. The molecular weight excluding hydrogens is 706 g/mol. The Balaban J connectivity index is 1.05. The van der Waals surface area contributed by atoms with Crippen molar-refractivity contribution in [1.82, 2.24) is 0 Å². The Morgan fingerprint density at radius 2 is 1.74 bits per heavy atom. The van der Waals surface area contributed by atoms with Gasteiger partial charge in [-0.25, -0.2) is 4.57 Å². The molecule has 4 aliphatic carbocycles. The summed E-state index contributed by atoms with van der Waals surface area (Å²) in [5.74, 6) is 5.81. The van der Waals surface area contributed by atoms with Crippen molar-refractivity contribution < 1.29 is 23.2 Å². The van der Waals surface area contributed by atoms with Crippen LogP contribution in [0.1, 0.15) is 131 Å². The van der Waals surface area contributed by atoms with E-state index >= 15 is 0 Å². The molecule has 5 rings (SSSR count). The predicted molar refractivity (Wildman–Crippen MR) is 197 cm³/mol. The highest BCUT2D eigenvalue weighted by atomic mass is 127. The predicted octanol–water partition coefficient (Wildman–Crippen LogP) is 11.8. The van der Waals surface area contributed by atoms with Gasteiger partial charge >= 0.3 is 7.82 Å². The summed E-state index contributed by atoms with van der Waals surface area (Å²) in [6, 6.07) is 8.07. The van der Waals surface area contributed by atoms with E-state index < -0.39 is 7.82 Å². The lowest BCUT2D eigenvalue weighted by Crippen LogP contribution is -2.51. The molecule has 3 saturated carbocycles. The molecule has 0 saturated heterocycles. The summed E-state index contributed by atoms with van der Waals surface area (Å²) in [5.41, 5.74) is 2.18. The molecular formula is C39H62IO5P. The largest absolute Gasteiger partial charge is 0.494 e. The Morgan fingerprint density at radius 1 is 0.957 bits per heavy atom. The number of phosphoric acid groups is 1. The molecule has 1 N–H and O–H groups in total. The molecule has 260 valence electrons. The van der Waals surface area contributed by atoms with Crippen molar-refractivity contribution in [3.63, 3.8) is 0 Å². The smallest absolute Gasteiger partial charge is 0.472 e. The third kappa shape index (κ3) is 8.84. The van der Waals surface area contributed by atoms with Crippen molar-refractivity contribution in [1.29, 1.82) is 0 Å². The maximum Gasteiger partial charge on any atom is 0.472 e. The lowest BCUT2D eigenvalue weighted by molar-refractivity contribution is -0.0573. The van der Waals surface area contributed by atoms with Crippen LogP contribution >= 0.6 is 30.4 Å². The second-order valence-electron chi connectivity index (χ2n) is 16.3. The number of halogens is 1. The number of ether oxygens (including phenoxy) is 1. The third-order valence-corrected chi connectivity index (χ3v) is 14.6. The van der Waals surface area contributed by atoms with Gasteiger partial charge in [0.15, 0.2) is 0 Å². The number of unbranched alkanes of at least 4 members (excludes halogenated alkanes) is 3. The molecule has 0 radical (unpaired) electrons. The second kappa shape index (κ2) is 16.1. The van der Waals surface area contributed by atoms with Crippen molar-refractivity contribution in [3.05, 3.63) is 39.5 Å². The Bertz CT molecular complexity index is 1220. The minimum Gasteiger partial charge on any atom is -0.494 e. The van der Waals surface area contributed by atoms with Crippen molar-refractivity contribution in [3.8, 4) is 5.75 Å². The molecule has 1 aromatic rings. The van der Waals surface area contributed by atoms with Gasteiger partial charge in [0.1, 0.15) is 5.75 Å². The van der Waals surface area contributed by atoms with E-state index in [2.05, 4.69) is 69.4 Å². The quantitative estimate of drug-likeness (QED) is 0.0785. The summed E-state index contributed by atoms with van der Waals surface area (Å²) in [6.45, 7) is 13.4. The van der Waals surface area contributed by atoms with Gasteiger partial charge in [-0.3, -0.25) is 9.05 Å². The van der Waals surface area contributed by atoms with Gasteiger partial charge in [-0.05, 0) is 158 Å². The van der Waals surface area contributed by atoms with Gasteiger partial charge < -0.3 is 9.63 Å². The van der Waals surface area contributed by atoms with E-state index in [1.807, 2.05) is 18.2 Å². The second-order valence-corrected chi connectivity index (χ2v) is 18.9. The summed E-state index contributed by atoms with van der Waals surface area (Å²) in [5, 5.41) is 0. The zero-order valence-electron chi connectivity index (χ0n) is 29.4. The number of hydrogen-bond acceptors (Lipinski definition) is 4. The fourth-order valence-electron chi connectivity index (χ4n) is 10.4. The lowest BCUT2D eigenvalue weighted by Gasteiger charge is -2.58. The number of allylic oxidation sites excluding steroid dienone is 1. The van der Waals surface area contributed by atoms with E-state index in [1.54, 1.807) is 0 Å². The van der Waals surface area contributed by atoms with Crippen molar-refractivity contribution in [2.24, 2.45) is 46.3 Å². The standard InChI is InChI=1S/C39H62IO5P/c1-28(2)12-10-13-29(3)35-18-19-36-34-17-16-30-26-33(20-22-38(30,4)37(34)21-23-39(35,36)5)45-46(41,42)44-25-9-7-6-8-24-43-32-15-11-14-31(40)27-32/h11,14-16,27-29,33-37H,6-10,12-13,17-26H2,1-5H3,(H,41,42)/t29-,33+,34?,35?,36?,37?,38+,39-/m1/s1. The number of benzene rings is 1. The highest BCUT2D eigenvalue weighted by molar-refractivity contribution is 14.1. The molecule has 3 fully saturated rings. The van der Waals surface area contributed by atoms with E-state index in [1.165, 1.54) is 60.5 Å². The molecule has 0 aromatic heterocycles. The van der Waals surface area contributed by atoms with Gasteiger partial charge in [0.05, 0.1) is 19.3 Å². The molecule has 7 heteroatoms. The molecule has 0 spiro atoms. The van der Waals surface area contributed by atoms with E-state index in [-0.39, 0.29) is 18.1 Å². The van der Waals surface area contributed by atoms with Crippen LogP contribution in [0.25, 0.3) is 0 Å². The van der Waals surface area contributed by atoms with Crippen molar-refractivity contribution in [2.45, 2.75) is 137 Å². The number of hydrogen-bond donors (Lipinski definition) is 1. The lowest BCUT2D eigenvalue weighted by atomic mass is 9.47. The monoisotopic (exact) mass is 768 g/mol. The fraction of sp³-hybridized carbons (Fsp3) is 0.795. The van der Waals surface area contributed by atoms with Gasteiger partial charge in [-0.1, -0.05) is 78.0 Å². The van der Waals surface area contributed by atoms with Crippen LogP contribution in [0.4, 0.5) is 0 Å². The summed E-state index contributed by atoms with van der Waals surface area (Å²) >= 11 is 2.29. The van der Waals surface area contributed by atoms with Gasteiger partial charge in [0, 0.05) is 3.57 Å². The first-order valence-corrected chi connectivity index (χ1v) is 21.2. The van der Waals surface area contributed by atoms with Crippen LogP contribution in [0.15, 0.2) is 35.9 Å². The Kier molecular flexibility index (Phi) is 12.9. The van der Waals surface area contributed by atoms with Crippen LogP contribution < -0.4 is 4.74 Å².